The van der Waals surface area contributed by atoms with Gasteiger partial charge in [-0.05, 0) is 97.7 Å². The van der Waals surface area contributed by atoms with Gasteiger partial charge in [0, 0.05) is 32.2 Å². The lowest BCUT2D eigenvalue weighted by Crippen LogP contribution is -2.26. The van der Waals surface area contributed by atoms with Gasteiger partial charge in [-0.1, -0.05) is 146 Å². The monoisotopic (exact) mass is 729 g/mol. The van der Waals surface area contributed by atoms with Gasteiger partial charge in [0.1, 0.15) is 5.58 Å². The van der Waals surface area contributed by atoms with E-state index < -0.39 is 5.41 Å². The first-order valence-electron chi connectivity index (χ1n) is 19.3. The van der Waals surface area contributed by atoms with Crippen molar-refractivity contribution in [2.45, 2.75) is 5.41 Å². The van der Waals surface area contributed by atoms with Crippen molar-refractivity contribution < 1.29 is 4.42 Å². The lowest BCUT2D eigenvalue weighted by atomic mass is 9.70. The summed E-state index contributed by atoms with van der Waals surface area (Å²) in [5.74, 6) is 0. The molecule has 0 fully saturated rings. The summed E-state index contributed by atoms with van der Waals surface area (Å²) in [6.07, 6.45) is 0. The van der Waals surface area contributed by atoms with Crippen molar-refractivity contribution in [3.05, 3.63) is 210 Å². The fraction of sp³-hybridized carbons (Fsp3) is 0.0189. The highest BCUT2D eigenvalue weighted by Gasteiger charge is 2.51. The molecule has 0 saturated heterocycles. The van der Waals surface area contributed by atoms with Gasteiger partial charge >= 0.3 is 0 Å². The number of anilines is 3. The molecule has 1 spiro atoms. The van der Waals surface area contributed by atoms with Crippen LogP contribution in [0.5, 0.6) is 0 Å². The van der Waals surface area contributed by atoms with Gasteiger partial charge in [0.2, 0.25) is 0 Å². The molecule has 2 aliphatic rings. The standard InChI is InChI=1S/C53H31NOS/c1-2-14-33-29-34(26-25-32(33)13-1)54(47-31-42-40-18-7-12-24-49(40)56-52(42)51-50(47)41-19-6-11-23-48(41)55-51)35-27-28-39-38-17-5-10-22-45(38)53(46(39)30-35)43-20-8-3-15-36(43)37-16-4-9-21-44(37)53/h1-31H. The van der Waals surface area contributed by atoms with Crippen molar-refractivity contribution in [1.29, 1.82) is 0 Å². The van der Waals surface area contributed by atoms with Crippen LogP contribution in [0.15, 0.2) is 192 Å². The van der Waals surface area contributed by atoms with Crippen molar-refractivity contribution >= 4 is 81.3 Å². The zero-order valence-corrected chi connectivity index (χ0v) is 31.0. The minimum Gasteiger partial charge on any atom is -0.454 e. The number of para-hydroxylation sites is 1. The Balaban J connectivity index is 1.17. The van der Waals surface area contributed by atoms with Gasteiger partial charge in [0.15, 0.2) is 5.58 Å². The summed E-state index contributed by atoms with van der Waals surface area (Å²) in [7, 11) is 0. The van der Waals surface area contributed by atoms with E-state index in [-0.39, 0.29) is 0 Å². The Kier molecular flexibility index (Phi) is 6.01. The summed E-state index contributed by atoms with van der Waals surface area (Å²) in [5, 5.41) is 7.12. The molecule has 9 aromatic carbocycles. The van der Waals surface area contributed by atoms with Crippen molar-refractivity contribution in [3.63, 3.8) is 0 Å². The minimum atomic E-state index is -0.449. The Labute approximate surface area is 327 Å². The molecule has 0 radical (unpaired) electrons. The molecule has 2 aliphatic carbocycles. The van der Waals surface area contributed by atoms with E-state index in [1.54, 1.807) is 0 Å². The van der Waals surface area contributed by atoms with Crippen molar-refractivity contribution in [1.82, 2.24) is 0 Å². The molecule has 3 heteroatoms. The topological polar surface area (TPSA) is 16.4 Å². The van der Waals surface area contributed by atoms with Crippen LogP contribution in [0.3, 0.4) is 0 Å². The van der Waals surface area contributed by atoms with Crippen LogP contribution in [-0.4, -0.2) is 0 Å². The second-order valence-corrected chi connectivity index (χ2v) is 16.2. The molecular weight excluding hydrogens is 699 g/mol. The second kappa shape index (κ2) is 11.1. The van der Waals surface area contributed by atoms with Crippen LogP contribution in [0.1, 0.15) is 22.3 Å². The molecule has 11 aromatic rings. The molecular formula is C53H31NOS. The number of hydrogen-bond acceptors (Lipinski definition) is 3. The van der Waals surface area contributed by atoms with Gasteiger partial charge in [0.05, 0.1) is 21.2 Å². The predicted octanol–water partition coefficient (Wildman–Crippen LogP) is 14.9. The summed E-state index contributed by atoms with van der Waals surface area (Å²) in [6.45, 7) is 0. The van der Waals surface area contributed by atoms with Gasteiger partial charge in [-0.2, -0.15) is 0 Å². The molecule has 0 amide bonds. The Hall–Kier alpha value is -6.94. The molecule has 56 heavy (non-hydrogen) atoms. The van der Waals surface area contributed by atoms with Crippen LogP contribution in [0, 0.1) is 0 Å². The number of fused-ring (bicyclic) bond motifs is 18. The fourth-order valence-corrected chi connectivity index (χ4v) is 11.4. The molecule has 2 aromatic heterocycles. The van der Waals surface area contributed by atoms with E-state index >= 15 is 0 Å². The van der Waals surface area contributed by atoms with Crippen molar-refractivity contribution in [2.75, 3.05) is 4.90 Å². The summed E-state index contributed by atoms with van der Waals surface area (Å²) in [5.41, 5.74) is 15.3. The van der Waals surface area contributed by atoms with Gasteiger partial charge in [-0.3, -0.25) is 0 Å². The average molecular weight is 730 g/mol. The molecule has 0 atom stereocenters. The Morgan fingerprint density at radius 3 is 1.75 bits per heavy atom. The van der Waals surface area contributed by atoms with Crippen molar-refractivity contribution in [2.24, 2.45) is 0 Å². The Morgan fingerprint density at radius 2 is 1.00 bits per heavy atom. The third-order valence-corrected chi connectivity index (χ3v) is 13.6. The molecule has 2 heterocycles. The molecule has 0 aliphatic heterocycles. The Morgan fingerprint density at radius 1 is 0.429 bits per heavy atom. The second-order valence-electron chi connectivity index (χ2n) is 15.2. The molecule has 0 bridgehead atoms. The maximum absolute atomic E-state index is 6.88. The van der Waals surface area contributed by atoms with E-state index in [0.717, 1.165) is 39.0 Å². The number of nitrogens with zero attached hydrogens (tertiary/aromatic N) is 1. The third kappa shape index (κ3) is 3.85. The highest BCUT2D eigenvalue weighted by molar-refractivity contribution is 7.26. The lowest BCUT2D eigenvalue weighted by molar-refractivity contribution is 0.673. The van der Waals surface area contributed by atoms with Gasteiger partial charge in [-0.25, -0.2) is 0 Å². The summed E-state index contributed by atoms with van der Waals surface area (Å²) in [4.78, 5) is 2.49. The predicted molar refractivity (Wildman–Crippen MR) is 235 cm³/mol. The third-order valence-electron chi connectivity index (χ3n) is 12.4. The summed E-state index contributed by atoms with van der Waals surface area (Å²) in [6, 6.07) is 69.6. The molecule has 0 unspecified atom stereocenters. The molecule has 2 nitrogen and oxygen atoms in total. The fourth-order valence-electron chi connectivity index (χ4n) is 10.2. The zero-order valence-electron chi connectivity index (χ0n) is 30.2. The number of thiophene rings is 1. The van der Waals surface area contributed by atoms with Gasteiger partial charge < -0.3 is 9.32 Å². The maximum Gasteiger partial charge on any atom is 0.155 e. The van der Waals surface area contributed by atoms with Crippen LogP contribution in [0.2, 0.25) is 0 Å². The summed E-state index contributed by atoms with van der Waals surface area (Å²) < 4.78 is 9.32. The normalized spacial score (nSPS) is 13.5. The smallest absolute Gasteiger partial charge is 0.155 e. The van der Waals surface area contributed by atoms with E-state index in [1.165, 1.54) is 75.5 Å². The van der Waals surface area contributed by atoms with E-state index in [1.807, 2.05) is 11.3 Å². The number of hydrogen-bond donors (Lipinski definition) is 0. The van der Waals surface area contributed by atoms with E-state index in [2.05, 4.69) is 193 Å². The van der Waals surface area contributed by atoms with Gasteiger partial charge in [0.25, 0.3) is 0 Å². The first-order valence-corrected chi connectivity index (χ1v) is 20.1. The first kappa shape index (κ1) is 30.4. The van der Waals surface area contributed by atoms with Crippen molar-refractivity contribution in [3.8, 4) is 22.3 Å². The number of furan rings is 1. The molecule has 13 rings (SSSR count). The SMILES string of the molecule is c1ccc2c(c1)-c1ccccc1C21c2ccccc2-c2ccc(N(c3ccc4ccccc4c3)c3cc4c5ccccc5sc4c4oc5ccccc5c34)cc21. The van der Waals surface area contributed by atoms with E-state index in [0.29, 0.717) is 0 Å². The van der Waals surface area contributed by atoms with Crippen LogP contribution in [-0.2, 0) is 5.41 Å². The average Bonchev–Trinajstić information content (AvgIpc) is 3.99. The molecule has 260 valence electrons. The largest absolute Gasteiger partial charge is 0.454 e. The maximum atomic E-state index is 6.88. The lowest BCUT2D eigenvalue weighted by Gasteiger charge is -2.32. The van der Waals surface area contributed by atoms with Crippen LogP contribution < -0.4 is 4.90 Å². The minimum absolute atomic E-state index is 0.449. The Bertz CT molecular complexity index is 3390. The molecule has 0 N–H and O–H groups in total. The van der Waals surface area contributed by atoms with Crippen LogP contribution in [0.4, 0.5) is 17.1 Å². The highest BCUT2D eigenvalue weighted by atomic mass is 32.1. The first-order chi connectivity index (χ1) is 27.8. The quantitative estimate of drug-likeness (QED) is 0.180. The van der Waals surface area contributed by atoms with E-state index in [4.69, 9.17) is 4.42 Å². The highest BCUT2D eigenvalue weighted by Crippen LogP contribution is 2.63. The summed E-state index contributed by atoms with van der Waals surface area (Å²) >= 11 is 1.82. The number of benzene rings is 9. The van der Waals surface area contributed by atoms with Crippen LogP contribution >= 0.6 is 11.3 Å². The molecule has 0 saturated carbocycles. The zero-order chi connectivity index (χ0) is 36.5. The van der Waals surface area contributed by atoms with E-state index in [9.17, 15) is 0 Å². The van der Waals surface area contributed by atoms with Gasteiger partial charge in [-0.15, -0.1) is 11.3 Å². The number of rotatable bonds is 3. The van der Waals surface area contributed by atoms with Crippen LogP contribution in [0.25, 0.3) is 75.1 Å².